The lowest BCUT2D eigenvalue weighted by Crippen LogP contribution is -2.08. The van der Waals surface area contributed by atoms with Crippen molar-refractivity contribution in [1.82, 2.24) is 0 Å². The molecule has 0 saturated heterocycles. The van der Waals surface area contributed by atoms with E-state index >= 15 is 0 Å². The summed E-state index contributed by atoms with van der Waals surface area (Å²) >= 11 is 0. The fourth-order valence-corrected chi connectivity index (χ4v) is 3.86. The van der Waals surface area contributed by atoms with E-state index in [1.165, 1.54) is 56.2 Å². The summed E-state index contributed by atoms with van der Waals surface area (Å²) in [5.41, 5.74) is 1.70. The Balaban J connectivity index is 0. The molecule has 0 aliphatic heterocycles. The molecule has 0 heterocycles. The quantitative estimate of drug-likeness (QED) is 0.350. The Morgan fingerprint density at radius 1 is 0.676 bits per heavy atom. The number of benzene rings is 1. The van der Waals surface area contributed by atoms with Gasteiger partial charge in [0.25, 0.3) is 0 Å². The SMILES string of the molecule is CC(C)C(C)C.CC(C)C1CC1.CC(C)CC(C)(C)C.CC(C)CC1CC1.CC(C)c1ccc(F)cc1. The molecule has 2 fully saturated rings. The summed E-state index contributed by atoms with van der Waals surface area (Å²) in [5, 5.41) is 0. The summed E-state index contributed by atoms with van der Waals surface area (Å²) in [4.78, 5) is 0. The summed E-state index contributed by atoms with van der Waals surface area (Å²) < 4.78 is 12.4. The summed E-state index contributed by atoms with van der Waals surface area (Å²) in [5.74, 6) is 7.00. The average molecular weight is 521 g/mol. The molecule has 2 aliphatic rings. The Morgan fingerprint density at radius 2 is 1.11 bits per heavy atom. The van der Waals surface area contributed by atoms with Crippen LogP contribution in [-0.2, 0) is 0 Å². The van der Waals surface area contributed by atoms with E-state index in [2.05, 4.69) is 104 Å². The second kappa shape index (κ2) is 20.1. The van der Waals surface area contributed by atoms with E-state index in [1.807, 2.05) is 12.1 Å². The molecular formula is C36H69F. The van der Waals surface area contributed by atoms with Crippen LogP contribution in [0.15, 0.2) is 24.3 Å². The van der Waals surface area contributed by atoms with Crippen molar-refractivity contribution in [3.05, 3.63) is 35.6 Å². The molecule has 3 rings (SSSR count). The number of rotatable bonds is 6. The van der Waals surface area contributed by atoms with Gasteiger partial charge in [-0.1, -0.05) is 129 Å². The van der Waals surface area contributed by atoms with Crippen LogP contribution < -0.4 is 0 Å². The Morgan fingerprint density at radius 3 is 1.24 bits per heavy atom. The topological polar surface area (TPSA) is 0 Å². The van der Waals surface area contributed by atoms with Crippen molar-refractivity contribution in [2.75, 3.05) is 0 Å². The van der Waals surface area contributed by atoms with Crippen molar-refractivity contribution in [3.8, 4) is 0 Å². The molecule has 0 unspecified atom stereocenters. The van der Waals surface area contributed by atoms with Crippen molar-refractivity contribution in [2.24, 2.45) is 46.8 Å². The number of halogens is 1. The van der Waals surface area contributed by atoms with E-state index < -0.39 is 0 Å². The normalized spacial score (nSPS) is 15.0. The van der Waals surface area contributed by atoms with E-state index in [-0.39, 0.29) is 5.82 Å². The van der Waals surface area contributed by atoms with Gasteiger partial charge in [-0.3, -0.25) is 0 Å². The minimum atomic E-state index is -0.163. The van der Waals surface area contributed by atoms with Crippen molar-refractivity contribution in [1.29, 1.82) is 0 Å². The first kappa shape index (κ1) is 38.3. The first-order valence-electron chi connectivity index (χ1n) is 15.6. The van der Waals surface area contributed by atoms with Crippen molar-refractivity contribution < 1.29 is 4.39 Å². The summed E-state index contributed by atoms with van der Waals surface area (Å²) in [7, 11) is 0. The minimum Gasteiger partial charge on any atom is -0.207 e. The Bertz CT molecular complexity index is 605. The van der Waals surface area contributed by atoms with Gasteiger partial charge in [-0.05, 0) is 96.1 Å². The molecule has 2 saturated carbocycles. The monoisotopic (exact) mass is 521 g/mol. The van der Waals surface area contributed by atoms with E-state index in [0.29, 0.717) is 11.3 Å². The Hall–Kier alpha value is -0.850. The third kappa shape index (κ3) is 29.6. The van der Waals surface area contributed by atoms with Gasteiger partial charge >= 0.3 is 0 Å². The van der Waals surface area contributed by atoms with Crippen molar-refractivity contribution >= 4 is 0 Å². The minimum absolute atomic E-state index is 0.163. The lowest BCUT2D eigenvalue weighted by Gasteiger charge is -2.19. The highest BCUT2D eigenvalue weighted by Crippen LogP contribution is 2.36. The Kier molecular flexibility index (Phi) is 20.8. The van der Waals surface area contributed by atoms with Gasteiger partial charge in [0.1, 0.15) is 5.82 Å². The first-order chi connectivity index (χ1) is 16.8. The molecule has 2 aliphatic carbocycles. The predicted molar refractivity (Wildman–Crippen MR) is 169 cm³/mol. The molecule has 1 aromatic carbocycles. The standard InChI is InChI=1S/C9H11F.C8H18.C7H14.C6H12.C6H14/c1-7(2)8-3-5-9(10)6-4-8;1-7(2)6-8(3,4)5;1-6(2)5-7-3-4-7;1-5(2)6-3-4-6;1-5(2)6(3)4/h3-7H,1-2H3;7H,6H2,1-5H3;6-7H,3-5H2,1-2H3;5-6H,3-4H2,1-2H3;5-6H,1-4H3. The molecule has 0 aromatic heterocycles. The zero-order valence-electron chi connectivity index (χ0n) is 28.0. The zero-order chi connectivity index (χ0) is 29.3. The van der Waals surface area contributed by atoms with Gasteiger partial charge in [0.15, 0.2) is 0 Å². The van der Waals surface area contributed by atoms with Crippen molar-refractivity contribution in [2.45, 2.75) is 148 Å². The van der Waals surface area contributed by atoms with Gasteiger partial charge in [-0.2, -0.15) is 0 Å². The maximum atomic E-state index is 12.4. The van der Waals surface area contributed by atoms with Crippen LogP contribution in [0.3, 0.4) is 0 Å². The van der Waals surface area contributed by atoms with E-state index in [1.54, 1.807) is 0 Å². The lowest BCUT2D eigenvalue weighted by molar-refractivity contribution is 0.320. The van der Waals surface area contributed by atoms with Gasteiger partial charge in [-0.25, -0.2) is 4.39 Å². The van der Waals surface area contributed by atoms with Crippen LogP contribution in [0.1, 0.15) is 154 Å². The van der Waals surface area contributed by atoms with Crippen LogP contribution in [0.25, 0.3) is 0 Å². The summed E-state index contributed by atoms with van der Waals surface area (Å²) in [6.07, 6.45) is 8.82. The Labute approximate surface area is 235 Å². The van der Waals surface area contributed by atoms with Gasteiger partial charge in [0, 0.05) is 0 Å². The molecule has 0 radical (unpaired) electrons. The molecular weight excluding hydrogens is 451 g/mol. The van der Waals surface area contributed by atoms with Gasteiger partial charge in [-0.15, -0.1) is 0 Å². The molecule has 0 amide bonds. The zero-order valence-corrected chi connectivity index (χ0v) is 28.0. The largest absolute Gasteiger partial charge is 0.207 e. The maximum Gasteiger partial charge on any atom is 0.123 e. The highest BCUT2D eigenvalue weighted by Gasteiger charge is 2.24. The molecule has 1 heteroatoms. The summed E-state index contributed by atoms with van der Waals surface area (Å²) in [6.45, 7) is 33.8. The second-order valence-corrected chi connectivity index (χ2v) is 15.0. The second-order valence-electron chi connectivity index (χ2n) is 15.0. The smallest absolute Gasteiger partial charge is 0.123 e. The molecule has 37 heavy (non-hydrogen) atoms. The number of hydrogen-bond acceptors (Lipinski definition) is 0. The lowest BCUT2D eigenvalue weighted by atomic mass is 9.86. The molecule has 0 bridgehead atoms. The average Bonchev–Trinajstić information content (AvgIpc) is 3.62. The number of hydrogen-bond donors (Lipinski definition) is 0. The van der Waals surface area contributed by atoms with Crippen LogP contribution in [0.2, 0.25) is 0 Å². The highest BCUT2D eigenvalue weighted by atomic mass is 19.1. The highest BCUT2D eigenvalue weighted by molar-refractivity contribution is 5.18. The molecule has 0 spiro atoms. The fraction of sp³-hybridized carbons (Fsp3) is 0.833. The third-order valence-corrected chi connectivity index (χ3v) is 6.96. The molecule has 0 nitrogen and oxygen atoms in total. The van der Waals surface area contributed by atoms with Gasteiger partial charge in [0.05, 0.1) is 0 Å². The molecule has 1 aromatic rings. The van der Waals surface area contributed by atoms with E-state index in [4.69, 9.17) is 0 Å². The fourth-order valence-electron chi connectivity index (χ4n) is 3.86. The van der Waals surface area contributed by atoms with Crippen LogP contribution >= 0.6 is 0 Å². The molecule has 0 atom stereocenters. The maximum absolute atomic E-state index is 12.4. The van der Waals surface area contributed by atoms with Crippen LogP contribution in [0.5, 0.6) is 0 Å². The molecule has 0 N–H and O–H groups in total. The van der Waals surface area contributed by atoms with Crippen LogP contribution in [0, 0.1) is 52.7 Å². The predicted octanol–water partition coefficient (Wildman–Crippen LogP) is 12.8. The summed E-state index contributed by atoms with van der Waals surface area (Å²) in [6, 6.07) is 6.63. The van der Waals surface area contributed by atoms with Crippen LogP contribution in [0.4, 0.5) is 4.39 Å². The van der Waals surface area contributed by atoms with Crippen molar-refractivity contribution in [3.63, 3.8) is 0 Å². The van der Waals surface area contributed by atoms with E-state index in [0.717, 1.165) is 41.4 Å². The van der Waals surface area contributed by atoms with Crippen LogP contribution in [-0.4, -0.2) is 0 Å². The van der Waals surface area contributed by atoms with Gasteiger partial charge < -0.3 is 0 Å². The van der Waals surface area contributed by atoms with E-state index in [9.17, 15) is 4.39 Å². The molecule has 220 valence electrons. The van der Waals surface area contributed by atoms with Gasteiger partial charge in [0.2, 0.25) is 0 Å². The first-order valence-corrected chi connectivity index (χ1v) is 15.6. The third-order valence-electron chi connectivity index (χ3n) is 6.96.